The minimum absolute atomic E-state index is 0.0482. The van der Waals surface area contributed by atoms with Crippen LogP contribution in [0.3, 0.4) is 0 Å². The standard InChI is InChI=1S/C20H34O5/c1-14(22)6-5-7-15(13-21)8-9-17-16(19(2,3)25)10-11-20(17,4)12-18(23)24/h7,16-17,21,25H,5-6,8-13H2,1-4H3,(H,23,24)/b15-7-. The van der Waals surface area contributed by atoms with Crippen LogP contribution in [0.2, 0.25) is 0 Å². The summed E-state index contributed by atoms with van der Waals surface area (Å²) in [7, 11) is 0. The van der Waals surface area contributed by atoms with Crippen molar-refractivity contribution in [3.05, 3.63) is 11.6 Å². The van der Waals surface area contributed by atoms with E-state index in [4.69, 9.17) is 0 Å². The van der Waals surface area contributed by atoms with Gasteiger partial charge in [-0.25, -0.2) is 0 Å². The summed E-state index contributed by atoms with van der Waals surface area (Å²) in [6.45, 7) is 7.11. The molecule has 5 heteroatoms. The Kier molecular flexibility index (Phi) is 7.82. The Morgan fingerprint density at radius 2 is 1.92 bits per heavy atom. The van der Waals surface area contributed by atoms with Gasteiger partial charge in [-0.2, -0.15) is 0 Å². The van der Waals surface area contributed by atoms with Gasteiger partial charge in [0.25, 0.3) is 0 Å². The number of carbonyl (C=O) groups is 2. The third-order valence-corrected chi connectivity index (χ3v) is 5.78. The van der Waals surface area contributed by atoms with E-state index in [1.165, 1.54) is 0 Å². The molecular formula is C20H34O5. The van der Waals surface area contributed by atoms with Gasteiger partial charge in [0.1, 0.15) is 5.78 Å². The summed E-state index contributed by atoms with van der Waals surface area (Å²) in [5.74, 6) is -0.538. The van der Waals surface area contributed by atoms with Crippen molar-refractivity contribution in [3.8, 4) is 0 Å². The lowest BCUT2D eigenvalue weighted by Gasteiger charge is -2.38. The minimum Gasteiger partial charge on any atom is -0.481 e. The third kappa shape index (κ3) is 6.55. The topological polar surface area (TPSA) is 94.8 Å². The molecule has 5 nitrogen and oxygen atoms in total. The maximum atomic E-state index is 11.3. The van der Waals surface area contributed by atoms with Crippen molar-refractivity contribution in [3.63, 3.8) is 0 Å². The maximum absolute atomic E-state index is 11.3. The average molecular weight is 354 g/mol. The van der Waals surface area contributed by atoms with Gasteiger partial charge in [-0.3, -0.25) is 4.79 Å². The monoisotopic (exact) mass is 354 g/mol. The number of Topliss-reactive ketones (excluding diaryl/α,β-unsaturated/α-hetero) is 1. The van der Waals surface area contributed by atoms with Crippen LogP contribution in [0, 0.1) is 17.3 Å². The van der Waals surface area contributed by atoms with Crippen molar-refractivity contribution in [2.24, 2.45) is 17.3 Å². The van der Waals surface area contributed by atoms with Gasteiger partial charge in [-0.05, 0) is 75.7 Å². The summed E-state index contributed by atoms with van der Waals surface area (Å²) in [5.41, 5.74) is -0.296. The molecule has 1 aliphatic carbocycles. The van der Waals surface area contributed by atoms with Crippen molar-refractivity contribution >= 4 is 11.8 Å². The quantitative estimate of drug-likeness (QED) is 0.523. The highest BCUT2D eigenvalue weighted by Crippen LogP contribution is 2.54. The fourth-order valence-electron chi connectivity index (χ4n) is 4.38. The molecule has 25 heavy (non-hydrogen) atoms. The van der Waals surface area contributed by atoms with Crippen molar-refractivity contribution in [1.29, 1.82) is 0 Å². The Hall–Kier alpha value is -1.20. The van der Waals surface area contributed by atoms with Gasteiger partial charge in [0.2, 0.25) is 0 Å². The molecule has 1 rings (SSSR count). The van der Waals surface area contributed by atoms with Crippen LogP contribution in [0.25, 0.3) is 0 Å². The summed E-state index contributed by atoms with van der Waals surface area (Å²) in [6.07, 6.45) is 6.14. The van der Waals surface area contributed by atoms with Gasteiger partial charge < -0.3 is 20.1 Å². The van der Waals surface area contributed by atoms with E-state index in [1.54, 1.807) is 20.8 Å². The van der Waals surface area contributed by atoms with Gasteiger partial charge in [-0.15, -0.1) is 0 Å². The Morgan fingerprint density at radius 3 is 2.40 bits per heavy atom. The lowest BCUT2D eigenvalue weighted by molar-refractivity contribution is -0.140. The highest BCUT2D eigenvalue weighted by molar-refractivity contribution is 5.75. The van der Waals surface area contributed by atoms with Crippen LogP contribution < -0.4 is 0 Å². The molecule has 144 valence electrons. The number of aliphatic hydroxyl groups excluding tert-OH is 1. The molecule has 0 saturated heterocycles. The number of aliphatic carboxylic acids is 1. The highest BCUT2D eigenvalue weighted by atomic mass is 16.4. The van der Waals surface area contributed by atoms with Crippen LogP contribution in [-0.2, 0) is 9.59 Å². The Labute approximate surface area is 151 Å². The molecule has 3 atom stereocenters. The summed E-state index contributed by atoms with van der Waals surface area (Å²) in [4.78, 5) is 22.4. The van der Waals surface area contributed by atoms with E-state index in [9.17, 15) is 24.9 Å². The predicted molar refractivity (Wildman–Crippen MR) is 97.2 cm³/mol. The molecule has 0 aliphatic heterocycles. The number of hydrogen-bond acceptors (Lipinski definition) is 4. The first kappa shape index (κ1) is 21.8. The Morgan fingerprint density at radius 1 is 1.28 bits per heavy atom. The van der Waals surface area contributed by atoms with E-state index >= 15 is 0 Å². The van der Waals surface area contributed by atoms with Crippen LogP contribution >= 0.6 is 0 Å². The molecule has 1 aliphatic rings. The second-order valence-electron chi connectivity index (χ2n) is 8.43. The number of rotatable bonds is 10. The number of carboxylic acid groups (broad SMARTS) is 1. The van der Waals surface area contributed by atoms with E-state index in [-0.39, 0.29) is 36.1 Å². The fraction of sp³-hybridized carbons (Fsp3) is 0.800. The molecular weight excluding hydrogens is 320 g/mol. The normalized spacial score (nSPS) is 27.5. The molecule has 0 radical (unpaired) electrons. The largest absolute Gasteiger partial charge is 0.481 e. The molecule has 0 aromatic carbocycles. The van der Waals surface area contributed by atoms with Crippen LogP contribution in [0.15, 0.2) is 11.6 Å². The molecule has 0 amide bonds. The third-order valence-electron chi connectivity index (χ3n) is 5.78. The number of carbonyl (C=O) groups excluding carboxylic acids is 1. The van der Waals surface area contributed by atoms with Crippen LogP contribution in [0.1, 0.15) is 72.6 Å². The van der Waals surface area contributed by atoms with Gasteiger partial charge >= 0.3 is 5.97 Å². The molecule has 3 unspecified atom stereocenters. The zero-order valence-electron chi connectivity index (χ0n) is 16.0. The van der Waals surface area contributed by atoms with E-state index in [0.29, 0.717) is 19.3 Å². The summed E-state index contributed by atoms with van der Waals surface area (Å²) >= 11 is 0. The summed E-state index contributed by atoms with van der Waals surface area (Å²) < 4.78 is 0. The molecule has 0 aromatic heterocycles. The molecule has 0 aromatic rings. The lowest BCUT2D eigenvalue weighted by Crippen LogP contribution is -2.38. The lowest BCUT2D eigenvalue weighted by atomic mass is 9.69. The van der Waals surface area contributed by atoms with Crippen LogP contribution in [0.4, 0.5) is 0 Å². The molecule has 0 bridgehead atoms. The van der Waals surface area contributed by atoms with E-state index in [0.717, 1.165) is 24.8 Å². The van der Waals surface area contributed by atoms with Crippen molar-refractivity contribution in [2.45, 2.75) is 78.2 Å². The summed E-state index contributed by atoms with van der Waals surface area (Å²) in [5, 5.41) is 29.4. The van der Waals surface area contributed by atoms with Crippen LogP contribution in [-0.4, -0.2) is 39.3 Å². The average Bonchev–Trinajstić information content (AvgIpc) is 2.78. The van der Waals surface area contributed by atoms with Gasteiger partial charge in [0.05, 0.1) is 18.6 Å². The zero-order chi connectivity index (χ0) is 19.3. The zero-order valence-corrected chi connectivity index (χ0v) is 16.0. The summed E-state index contributed by atoms with van der Waals surface area (Å²) in [6, 6.07) is 0. The van der Waals surface area contributed by atoms with E-state index < -0.39 is 11.6 Å². The van der Waals surface area contributed by atoms with E-state index in [2.05, 4.69) is 0 Å². The van der Waals surface area contributed by atoms with E-state index in [1.807, 2.05) is 13.0 Å². The molecule has 1 fully saturated rings. The maximum Gasteiger partial charge on any atom is 0.303 e. The number of allylic oxidation sites excluding steroid dienone is 1. The minimum atomic E-state index is -0.849. The van der Waals surface area contributed by atoms with Gasteiger partial charge in [0.15, 0.2) is 0 Å². The number of hydrogen-bond donors (Lipinski definition) is 3. The highest BCUT2D eigenvalue weighted by Gasteiger charge is 2.50. The first-order valence-electron chi connectivity index (χ1n) is 9.22. The Balaban J connectivity index is 2.86. The van der Waals surface area contributed by atoms with Crippen molar-refractivity contribution in [2.75, 3.05) is 6.61 Å². The second kappa shape index (κ2) is 8.95. The van der Waals surface area contributed by atoms with Gasteiger partial charge in [0, 0.05) is 6.42 Å². The van der Waals surface area contributed by atoms with Crippen molar-refractivity contribution < 1.29 is 24.9 Å². The second-order valence-corrected chi connectivity index (χ2v) is 8.43. The first-order chi connectivity index (χ1) is 11.5. The molecule has 3 N–H and O–H groups in total. The SMILES string of the molecule is CC(=O)CC/C=C(\CO)CCC1C(C(C)(C)O)CCC1(C)CC(=O)O. The smallest absolute Gasteiger partial charge is 0.303 e. The number of ketones is 1. The Bertz CT molecular complexity index is 503. The predicted octanol–water partition coefficient (Wildman–Crippen LogP) is 3.33. The van der Waals surface area contributed by atoms with Crippen molar-refractivity contribution in [1.82, 2.24) is 0 Å². The van der Waals surface area contributed by atoms with Crippen LogP contribution in [0.5, 0.6) is 0 Å². The van der Waals surface area contributed by atoms with Gasteiger partial charge in [-0.1, -0.05) is 13.0 Å². The number of aliphatic hydroxyl groups is 2. The fourth-order valence-corrected chi connectivity index (χ4v) is 4.38. The first-order valence-corrected chi connectivity index (χ1v) is 9.22. The molecule has 1 saturated carbocycles. The molecule has 0 heterocycles. The molecule has 0 spiro atoms. The number of carboxylic acids is 1.